The van der Waals surface area contributed by atoms with E-state index in [1.807, 2.05) is 12.3 Å². The zero-order chi connectivity index (χ0) is 12.3. The number of nitrogens with zero attached hydrogens (tertiary/aromatic N) is 1. The maximum atomic E-state index is 4.57. The minimum absolute atomic E-state index is 0.0472. The molecule has 0 saturated heterocycles. The molecule has 1 heterocycles. The van der Waals surface area contributed by atoms with Crippen molar-refractivity contribution in [1.82, 2.24) is 10.3 Å². The lowest BCUT2D eigenvalue weighted by atomic mass is 9.77. The topological polar surface area (TPSA) is 24.9 Å². The number of aromatic nitrogens is 1. The van der Waals surface area contributed by atoms with Crippen LogP contribution in [0.5, 0.6) is 0 Å². The largest absolute Gasteiger partial charge is 0.313 e. The molecule has 2 nitrogen and oxygen atoms in total. The van der Waals surface area contributed by atoms with Crippen LogP contribution >= 0.6 is 0 Å². The molecular weight excluding hydrogens is 220 g/mol. The van der Waals surface area contributed by atoms with Crippen molar-refractivity contribution in [2.75, 3.05) is 6.54 Å². The summed E-state index contributed by atoms with van der Waals surface area (Å²) in [7, 11) is 0. The van der Waals surface area contributed by atoms with Gasteiger partial charge in [0, 0.05) is 24.2 Å². The first kappa shape index (κ1) is 11.7. The highest BCUT2D eigenvalue weighted by molar-refractivity contribution is 5.32. The van der Waals surface area contributed by atoms with Crippen LogP contribution in [0.3, 0.4) is 0 Å². The first-order chi connectivity index (χ1) is 8.89. The molecular formula is C16H20N2. The van der Waals surface area contributed by atoms with Gasteiger partial charge in [-0.15, -0.1) is 0 Å². The first-order valence-electron chi connectivity index (χ1n) is 6.88. The number of pyridine rings is 1. The molecule has 1 N–H and O–H groups in total. The Labute approximate surface area is 109 Å². The number of hydrogen-bond donors (Lipinski definition) is 1. The second-order valence-electron chi connectivity index (χ2n) is 5.37. The molecule has 1 aromatic rings. The van der Waals surface area contributed by atoms with Crippen molar-refractivity contribution >= 4 is 0 Å². The van der Waals surface area contributed by atoms with E-state index in [-0.39, 0.29) is 5.41 Å². The van der Waals surface area contributed by atoms with Crippen molar-refractivity contribution in [1.29, 1.82) is 0 Å². The predicted octanol–water partition coefficient (Wildman–Crippen LogP) is 2.98. The second-order valence-corrected chi connectivity index (χ2v) is 5.37. The molecule has 0 aromatic carbocycles. The van der Waals surface area contributed by atoms with Crippen LogP contribution in [0.4, 0.5) is 0 Å². The van der Waals surface area contributed by atoms with Gasteiger partial charge in [-0.05, 0) is 31.4 Å². The average Bonchev–Trinajstić information content (AvgIpc) is 2.39. The van der Waals surface area contributed by atoms with E-state index in [4.69, 9.17) is 0 Å². The number of rotatable bonds is 4. The summed E-state index contributed by atoms with van der Waals surface area (Å²) in [5.41, 5.74) is 1.23. The predicted molar refractivity (Wildman–Crippen MR) is 74.5 cm³/mol. The van der Waals surface area contributed by atoms with Crippen LogP contribution in [0, 0.1) is 0 Å². The lowest BCUT2D eigenvalue weighted by Gasteiger charge is -2.35. The third-order valence-corrected chi connectivity index (χ3v) is 4.13. The van der Waals surface area contributed by atoms with Gasteiger partial charge in [0.15, 0.2) is 0 Å². The van der Waals surface area contributed by atoms with Crippen LogP contribution in [0.15, 0.2) is 48.7 Å². The lowest BCUT2D eigenvalue weighted by molar-refractivity contribution is 0.312. The standard InChI is InChI=1S/C16H20N2/c1-3-10-16(11-4-1,13-18-14-7-6-8-14)15-9-2-5-12-17-15/h1-5,9-10,12,14,18H,6-8,11,13H2. The first-order valence-corrected chi connectivity index (χ1v) is 6.88. The van der Waals surface area contributed by atoms with Crippen LogP contribution in [-0.4, -0.2) is 17.6 Å². The van der Waals surface area contributed by atoms with Crippen molar-refractivity contribution < 1.29 is 0 Å². The SMILES string of the molecule is C1=CCC(CNC2CCC2)(c2ccccn2)C=C1. The molecule has 0 aliphatic heterocycles. The van der Waals surface area contributed by atoms with Gasteiger partial charge in [-0.25, -0.2) is 0 Å². The Morgan fingerprint density at radius 3 is 2.83 bits per heavy atom. The summed E-state index contributed by atoms with van der Waals surface area (Å²) < 4.78 is 0. The van der Waals surface area contributed by atoms with E-state index in [2.05, 4.69) is 46.7 Å². The highest BCUT2D eigenvalue weighted by Crippen LogP contribution is 2.31. The summed E-state index contributed by atoms with van der Waals surface area (Å²) in [6.07, 6.45) is 15.8. The fourth-order valence-electron chi connectivity index (χ4n) is 2.67. The number of nitrogens with one attached hydrogen (secondary N) is 1. The van der Waals surface area contributed by atoms with Crippen molar-refractivity contribution in [3.05, 3.63) is 54.4 Å². The maximum Gasteiger partial charge on any atom is 0.0519 e. The molecule has 3 rings (SSSR count). The zero-order valence-electron chi connectivity index (χ0n) is 10.7. The van der Waals surface area contributed by atoms with E-state index in [0.29, 0.717) is 0 Å². The van der Waals surface area contributed by atoms with E-state index >= 15 is 0 Å². The smallest absolute Gasteiger partial charge is 0.0519 e. The molecule has 1 saturated carbocycles. The Morgan fingerprint density at radius 1 is 1.28 bits per heavy atom. The molecule has 2 heteroatoms. The molecule has 0 amide bonds. The molecule has 94 valence electrons. The monoisotopic (exact) mass is 240 g/mol. The van der Waals surface area contributed by atoms with E-state index in [9.17, 15) is 0 Å². The Balaban J connectivity index is 1.79. The third kappa shape index (κ3) is 2.25. The Morgan fingerprint density at radius 2 is 2.22 bits per heavy atom. The van der Waals surface area contributed by atoms with E-state index in [0.717, 1.165) is 19.0 Å². The number of allylic oxidation sites excluding steroid dienone is 3. The molecule has 1 atom stereocenters. The van der Waals surface area contributed by atoms with Crippen molar-refractivity contribution in [3.63, 3.8) is 0 Å². The van der Waals surface area contributed by atoms with Gasteiger partial charge in [-0.2, -0.15) is 0 Å². The fraction of sp³-hybridized carbons (Fsp3) is 0.438. The normalized spacial score (nSPS) is 27.1. The molecule has 2 aliphatic rings. The molecule has 2 aliphatic carbocycles. The van der Waals surface area contributed by atoms with Crippen molar-refractivity contribution in [3.8, 4) is 0 Å². The van der Waals surface area contributed by atoms with Gasteiger partial charge >= 0.3 is 0 Å². The summed E-state index contributed by atoms with van der Waals surface area (Å²) in [5, 5.41) is 3.70. The average molecular weight is 240 g/mol. The molecule has 0 spiro atoms. The minimum atomic E-state index is 0.0472. The second kappa shape index (κ2) is 5.07. The molecule has 1 fully saturated rings. The Kier molecular flexibility index (Phi) is 3.28. The van der Waals surface area contributed by atoms with Gasteiger partial charge in [-0.3, -0.25) is 4.98 Å². The highest BCUT2D eigenvalue weighted by atomic mass is 14.9. The minimum Gasteiger partial charge on any atom is -0.313 e. The summed E-state index contributed by atoms with van der Waals surface area (Å²) in [5.74, 6) is 0. The van der Waals surface area contributed by atoms with Crippen LogP contribution in [0.1, 0.15) is 31.4 Å². The van der Waals surface area contributed by atoms with Crippen molar-refractivity contribution in [2.45, 2.75) is 37.1 Å². The summed E-state index contributed by atoms with van der Waals surface area (Å²) in [6, 6.07) is 6.94. The van der Waals surface area contributed by atoms with Gasteiger partial charge in [-0.1, -0.05) is 36.8 Å². The zero-order valence-corrected chi connectivity index (χ0v) is 10.7. The van der Waals surface area contributed by atoms with E-state index in [1.54, 1.807) is 0 Å². The number of hydrogen-bond acceptors (Lipinski definition) is 2. The molecule has 0 bridgehead atoms. The quantitative estimate of drug-likeness (QED) is 0.875. The van der Waals surface area contributed by atoms with Crippen LogP contribution < -0.4 is 5.32 Å². The van der Waals surface area contributed by atoms with Gasteiger partial charge < -0.3 is 5.32 Å². The van der Waals surface area contributed by atoms with Crippen LogP contribution in [-0.2, 0) is 5.41 Å². The van der Waals surface area contributed by atoms with Gasteiger partial charge in [0.1, 0.15) is 0 Å². The van der Waals surface area contributed by atoms with Gasteiger partial charge in [0.2, 0.25) is 0 Å². The fourth-order valence-corrected chi connectivity index (χ4v) is 2.67. The third-order valence-electron chi connectivity index (χ3n) is 4.13. The van der Waals surface area contributed by atoms with Crippen molar-refractivity contribution in [2.24, 2.45) is 0 Å². The Hall–Kier alpha value is -1.41. The maximum absolute atomic E-state index is 4.57. The molecule has 18 heavy (non-hydrogen) atoms. The van der Waals surface area contributed by atoms with E-state index < -0.39 is 0 Å². The van der Waals surface area contributed by atoms with E-state index in [1.165, 1.54) is 25.0 Å². The Bertz CT molecular complexity index is 445. The summed E-state index contributed by atoms with van der Waals surface area (Å²) in [4.78, 5) is 4.57. The summed E-state index contributed by atoms with van der Waals surface area (Å²) in [6.45, 7) is 0.996. The van der Waals surface area contributed by atoms with Gasteiger partial charge in [0.25, 0.3) is 0 Å². The summed E-state index contributed by atoms with van der Waals surface area (Å²) >= 11 is 0. The molecule has 0 radical (unpaired) electrons. The van der Waals surface area contributed by atoms with Crippen LogP contribution in [0.2, 0.25) is 0 Å². The lowest BCUT2D eigenvalue weighted by Crippen LogP contribution is -2.44. The van der Waals surface area contributed by atoms with Crippen LogP contribution in [0.25, 0.3) is 0 Å². The molecule has 1 aromatic heterocycles. The molecule has 1 unspecified atom stereocenters. The van der Waals surface area contributed by atoms with Gasteiger partial charge in [0.05, 0.1) is 5.69 Å². The highest BCUT2D eigenvalue weighted by Gasteiger charge is 2.32.